The molecular formula is C24H23BrN2O4. The van der Waals surface area contributed by atoms with Gasteiger partial charge < -0.3 is 14.8 Å². The highest BCUT2D eigenvalue weighted by Crippen LogP contribution is 2.22. The van der Waals surface area contributed by atoms with Gasteiger partial charge in [-0.25, -0.2) is 4.79 Å². The molecule has 1 unspecified atom stereocenters. The van der Waals surface area contributed by atoms with E-state index in [-0.39, 0.29) is 5.78 Å². The molecule has 0 radical (unpaired) electrons. The molecule has 1 aromatic heterocycles. The molecule has 1 heterocycles. The minimum absolute atomic E-state index is 0.173. The van der Waals surface area contributed by atoms with E-state index < -0.39 is 12.0 Å². The number of ketones is 1. The van der Waals surface area contributed by atoms with Gasteiger partial charge in [0.15, 0.2) is 5.78 Å². The molecular weight excluding hydrogens is 460 g/mol. The molecule has 0 spiro atoms. The lowest BCUT2D eigenvalue weighted by atomic mass is 10.0. The van der Waals surface area contributed by atoms with Crippen LogP contribution in [0.25, 0.3) is 0 Å². The van der Waals surface area contributed by atoms with Crippen LogP contribution in [0, 0.1) is 0 Å². The van der Waals surface area contributed by atoms with Gasteiger partial charge in [-0.15, -0.1) is 0 Å². The van der Waals surface area contributed by atoms with Gasteiger partial charge in [0.25, 0.3) is 0 Å². The number of methoxy groups -OCH3 is 1. The van der Waals surface area contributed by atoms with Gasteiger partial charge in [-0.3, -0.25) is 9.78 Å². The summed E-state index contributed by atoms with van der Waals surface area (Å²) in [5, 5.41) is 3.94. The summed E-state index contributed by atoms with van der Waals surface area (Å²) < 4.78 is 10.6. The van der Waals surface area contributed by atoms with E-state index in [1.165, 1.54) is 13.3 Å². The number of esters is 1. The molecule has 1 N–H and O–H groups in total. The van der Waals surface area contributed by atoms with Crippen molar-refractivity contribution in [2.75, 3.05) is 24.4 Å². The quantitative estimate of drug-likeness (QED) is 0.264. The summed E-state index contributed by atoms with van der Waals surface area (Å²) in [6, 6.07) is 17.4. The lowest BCUT2D eigenvalue weighted by Crippen LogP contribution is -2.33. The lowest BCUT2D eigenvalue weighted by Gasteiger charge is -2.20. The van der Waals surface area contributed by atoms with E-state index in [9.17, 15) is 9.59 Å². The highest BCUT2D eigenvalue weighted by atomic mass is 79.9. The number of nitrogens with zero attached hydrogens (tertiary/aromatic N) is 1. The Labute approximate surface area is 189 Å². The highest BCUT2D eigenvalue weighted by Gasteiger charge is 2.22. The number of carbonyl (C=O) groups excluding carboxylic acids is 2. The Bertz CT molecular complexity index is 1010. The van der Waals surface area contributed by atoms with Crippen molar-refractivity contribution in [3.63, 3.8) is 0 Å². The number of hydrogen-bond acceptors (Lipinski definition) is 6. The van der Waals surface area contributed by atoms with Crippen molar-refractivity contribution in [3.8, 4) is 5.75 Å². The Morgan fingerprint density at radius 2 is 1.84 bits per heavy atom. The van der Waals surface area contributed by atoms with Crippen molar-refractivity contribution in [1.82, 2.24) is 4.98 Å². The molecule has 0 aliphatic heterocycles. The summed E-state index contributed by atoms with van der Waals surface area (Å²) in [6.07, 6.45) is 3.53. The van der Waals surface area contributed by atoms with Crippen LogP contribution < -0.4 is 10.1 Å². The molecule has 31 heavy (non-hydrogen) atoms. The molecule has 0 saturated heterocycles. The predicted molar refractivity (Wildman–Crippen MR) is 123 cm³/mol. The van der Waals surface area contributed by atoms with E-state index in [2.05, 4.69) is 26.2 Å². The maximum absolute atomic E-state index is 13.0. The number of hydrogen-bond donors (Lipinski definition) is 1. The number of nitrogens with one attached hydrogen (secondary N) is 1. The first-order chi connectivity index (χ1) is 15.1. The third-order valence-electron chi connectivity index (χ3n) is 4.62. The molecule has 3 aromatic rings. The minimum atomic E-state index is -0.665. The van der Waals surface area contributed by atoms with Crippen molar-refractivity contribution < 1.29 is 19.1 Å². The molecule has 160 valence electrons. The zero-order valence-corrected chi connectivity index (χ0v) is 18.7. The first-order valence-electron chi connectivity index (χ1n) is 9.78. The molecule has 1 atom stereocenters. The van der Waals surface area contributed by atoms with Gasteiger partial charge in [0.1, 0.15) is 11.8 Å². The average molecular weight is 483 g/mol. The second-order valence-corrected chi connectivity index (χ2v) is 7.52. The number of para-hydroxylation sites is 1. The number of pyridine rings is 1. The van der Waals surface area contributed by atoms with Crippen LogP contribution in [0.3, 0.4) is 0 Å². The molecule has 0 aliphatic rings. The van der Waals surface area contributed by atoms with Gasteiger partial charge in [0, 0.05) is 41.0 Å². The number of halogens is 1. The summed E-state index contributed by atoms with van der Waals surface area (Å²) >= 11 is 3.33. The molecule has 3 rings (SSSR count). The molecule has 0 saturated carbocycles. The van der Waals surface area contributed by atoms with Crippen LogP contribution in [0.2, 0.25) is 0 Å². The molecule has 0 amide bonds. The van der Waals surface area contributed by atoms with Crippen LogP contribution in [0.1, 0.15) is 21.5 Å². The smallest absolute Gasteiger partial charge is 0.328 e. The largest absolute Gasteiger partial charge is 0.493 e. The molecule has 0 bridgehead atoms. The fraction of sp³-hybridized carbons (Fsp3) is 0.208. The summed E-state index contributed by atoms with van der Waals surface area (Å²) in [6.45, 7) is 0.577. The lowest BCUT2D eigenvalue weighted by molar-refractivity contribution is -0.141. The molecule has 7 heteroatoms. The summed E-state index contributed by atoms with van der Waals surface area (Å²) in [4.78, 5) is 29.4. The number of anilines is 1. The first-order valence-corrected chi connectivity index (χ1v) is 10.9. The fourth-order valence-corrected chi connectivity index (χ4v) is 3.26. The van der Waals surface area contributed by atoms with Crippen LogP contribution in [0.5, 0.6) is 5.75 Å². The number of carbonyl (C=O) groups is 2. The van der Waals surface area contributed by atoms with Gasteiger partial charge in [-0.05, 0) is 42.0 Å². The van der Waals surface area contributed by atoms with Crippen molar-refractivity contribution in [2.24, 2.45) is 0 Å². The van der Waals surface area contributed by atoms with E-state index in [1.807, 2.05) is 30.3 Å². The maximum Gasteiger partial charge on any atom is 0.328 e. The van der Waals surface area contributed by atoms with Gasteiger partial charge >= 0.3 is 5.97 Å². The Hall–Kier alpha value is -3.19. The number of benzene rings is 2. The van der Waals surface area contributed by atoms with E-state index >= 15 is 0 Å². The average Bonchev–Trinajstić information content (AvgIpc) is 2.83. The summed E-state index contributed by atoms with van der Waals surface area (Å²) in [5.74, 6) is 0.176. The van der Waals surface area contributed by atoms with Crippen molar-refractivity contribution in [3.05, 3.63) is 89.7 Å². The Morgan fingerprint density at radius 1 is 1.06 bits per heavy atom. The van der Waals surface area contributed by atoms with Gasteiger partial charge in [-0.2, -0.15) is 0 Å². The second-order valence-electron chi connectivity index (χ2n) is 6.72. The molecule has 0 fully saturated rings. The maximum atomic E-state index is 13.0. The number of rotatable bonds is 10. The summed E-state index contributed by atoms with van der Waals surface area (Å²) in [7, 11) is 1.35. The monoisotopic (exact) mass is 482 g/mol. The van der Waals surface area contributed by atoms with Crippen LogP contribution in [0.4, 0.5) is 5.69 Å². The summed E-state index contributed by atoms with van der Waals surface area (Å²) in [5.41, 5.74) is 2.43. The third kappa shape index (κ3) is 6.15. The third-order valence-corrected chi connectivity index (χ3v) is 4.94. The van der Waals surface area contributed by atoms with Gasteiger partial charge in [0.2, 0.25) is 0 Å². The van der Waals surface area contributed by atoms with Crippen LogP contribution in [0.15, 0.2) is 73.1 Å². The van der Waals surface area contributed by atoms with Gasteiger partial charge in [-0.1, -0.05) is 40.2 Å². The van der Waals surface area contributed by atoms with E-state index in [0.717, 1.165) is 16.6 Å². The van der Waals surface area contributed by atoms with Crippen molar-refractivity contribution in [1.29, 1.82) is 0 Å². The van der Waals surface area contributed by atoms with E-state index in [1.54, 1.807) is 36.5 Å². The number of alkyl halides is 1. The molecule has 2 aromatic carbocycles. The standard InChI is InChI=1S/C24H23BrN2O4/c1-30-24(29)22(15-17-8-10-19(11-9-17)31-14-12-25)27-21-7-3-2-6-20(21)23(28)18-5-4-13-26-16-18/h2-11,13,16,22,27H,12,14-15H2,1H3. The second kappa shape index (κ2) is 11.3. The van der Waals surface area contributed by atoms with Crippen molar-refractivity contribution >= 4 is 33.4 Å². The van der Waals surface area contributed by atoms with E-state index in [0.29, 0.717) is 29.8 Å². The van der Waals surface area contributed by atoms with Gasteiger partial charge in [0.05, 0.1) is 13.7 Å². The zero-order chi connectivity index (χ0) is 22.1. The Balaban J connectivity index is 1.80. The van der Waals surface area contributed by atoms with Crippen LogP contribution in [-0.4, -0.2) is 41.8 Å². The fourth-order valence-electron chi connectivity index (χ4n) is 3.10. The molecule has 0 aliphatic carbocycles. The Morgan fingerprint density at radius 3 is 2.52 bits per heavy atom. The molecule has 6 nitrogen and oxygen atoms in total. The Kier molecular flexibility index (Phi) is 8.18. The number of aromatic nitrogens is 1. The van der Waals surface area contributed by atoms with Crippen LogP contribution >= 0.6 is 15.9 Å². The minimum Gasteiger partial charge on any atom is -0.493 e. The normalized spacial score (nSPS) is 11.4. The zero-order valence-electron chi connectivity index (χ0n) is 17.1. The topological polar surface area (TPSA) is 77.5 Å². The predicted octanol–water partition coefficient (Wildman–Crippen LogP) is 4.28. The first kappa shape index (κ1) is 22.5. The van der Waals surface area contributed by atoms with E-state index in [4.69, 9.17) is 9.47 Å². The van der Waals surface area contributed by atoms with Crippen LogP contribution in [-0.2, 0) is 16.0 Å². The SMILES string of the molecule is COC(=O)C(Cc1ccc(OCCBr)cc1)Nc1ccccc1C(=O)c1cccnc1. The van der Waals surface area contributed by atoms with Crippen molar-refractivity contribution in [2.45, 2.75) is 12.5 Å². The highest BCUT2D eigenvalue weighted by molar-refractivity contribution is 9.09. The number of ether oxygens (including phenoxy) is 2.